The van der Waals surface area contributed by atoms with Crippen molar-refractivity contribution < 1.29 is 14.7 Å². The van der Waals surface area contributed by atoms with Crippen LogP contribution in [0.15, 0.2) is 23.6 Å². The summed E-state index contributed by atoms with van der Waals surface area (Å²) in [6, 6.07) is 5.66. The summed E-state index contributed by atoms with van der Waals surface area (Å²) in [5, 5.41) is 16.8. The van der Waals surface area contributed by atoms with E-state index in [0.29, 0.717) is 47.4 Å². The van der Waals surface area contributed by atoms with Crippen LogP contribution in [0.3, 0.4) is 0 Å². The molecule has 1 unspecified atom stereocenters. The average Bonchev–Trinajstić information content (AvgIpc) is 3.35. The number of aromatic nitrogens is 3. The van der Waals surface area contributed by atoms with Crippen LogP contribution in [-0.2, 0) is 11.8 Å². The second kappa shape index (κ2) is 6.16. The third kappa shape index (κ3) is 2.63. The monoisotopic (exact) mass is 384 g/mol. The number of fused-ring (bicyclic) bond motifs is 1. The number of carboxylic acid groups (broad SMARTS) is 1. The van der Waals surface area contributed by atoms with E-state index < -0.39 is 11.5 Å². The van der Waals surface area contributed by atoms with Crippen molar-refractivity contribution in [3.8, 4) is 10.6 Å². The Hall–Kier alpha value is -2.74. The first kappa shape index (κ1) is 17.7. The summed E-state index contributed by atoms with van der Waals surface area (Å²) in [5.74, 6) is -1.25. The molecule has 0 bridgehead atoms. The molecule has 0 aliphatic carbocycles. The van der Waals surface area contributed by atoms with Gasteiger partial charge < -0.3 is 10.0 Å². The lowest BCUT2D eigenvalue weighted by Gasteiger charge is -2.31. The molecule has 8 heteroatoms. The molecule has 1 aliphatic heterocycles. The third-order valence-corrected chi connectivity index (χ3v) is 6.21. The van der Waals surface area contributed by atoms with Crippen LogP contribution < -0.4 is 0 Å². The normalized spacial score (nSPS) is 19.7. The predicted molar refractivity (Wildman–Crippen MR) is 103 cm³/mol. The minimum Gasteiger partial charge on any atom is -0.480 e. The molecule has 4 rings (SSSR count). The summed E-state index contributed by atoms with van der Waals surface area (Å²) in [7, 11) is 1.80. The zero-order chi connectivity index (χ0) is 19.3. The molecular formula is C19H20N4O3S. The van der Waals surface area contributed by atoms with Gasteiger partial charge in [-0.3, -0.25) is 9.48 Å². The van der Waals surface area contributed by atoms with Crippen LogP contribution in [0.1, 0.15) is 35.8 Å². The smallest absolute Gasteiger partial charge is 0.329 e. The maximum absolute atomic E-state index is 13.5. The zero-order valence-electron chi connectivity index (χ0n) is 15.4. The SMILES string of the molecule is Cc1nn(C)c2nc(-c3cccs3)cc(C(=O)N3CCCC3(C)C(=O)O)c12. The molecule has 1 amide bonds. The molecule has 140 valence electrons. The van der Waals surface area contributed by atoms with Gasteiger partial charge in [0.2, 0.25) is 0 Å². The van der Waals surface area contributed by atoms with E-state index in [9.17, 15) is 14.7 Å². The van der Waals surface area contributed by atoms with Gasteiger partial charge in [-0.25, -0.2) is 9.78 Å². The van der Waals surface area contributed by atoms with Crippen LogP contribution in [0, 0.1) is 6.92 Å². The standard InChI is InChI=1S/C19H20N4O3S/c1-11-15-12(17(24)23-8-5-7-19(23,2)18(25)26)10-13(14-6-4-9-27-14)20-16(15)22(3)21-11/h4,6,9-10H,5,7-8H2,1-3H3,(H,25,26). The largest absolute Gasteiger partial charge is 0.480 e. The molecule has 0 radical (unpaired) electrons. The first-order chi connectivity index (χ1) is 12.8. The number of pyridine rings is 1. The summed E-state index contributed by atoms with van der Waals surface area (Å²) < 4.78 is 1.67. The molecule has 7 nitrogen and oxygen atoms in total. The summed E-state index contributed by atoms with van der Waals surface area (Å²) >= 11 is 1.54. The topological polar surface area (TPSA) is 88.3 Å². The minimum absolute atomic E-state index is 0.279. The van der Waals surface area contributed by atoms with Gasteiger partial charge in [0.1, 0.15) is 5.54 Å². The molecule has 1 atom stereocenters. The summed E-state index contributed by atoms with van der Waals surface area (Å²) in [6.45, 7) is 3.89. The number of aliphatic carboxylic acids is 1. The molecule has 1 N–H and O–H groups in total. The van der Waals surface area contributed by atoms with Crippen LogP contribution in [0.5, 0.6) is 0 Å². The summed E-state index contributed by atoms with van der Waals surface area (Å²) in [6.07, 6.45) is 1.12. The number of carbonyl (C=O) groups is 2. The van der Waals surface area contributed by atoms with Gasteiger partial charge in [-0.1, -0.05) is 6.07 Å². The maximum Gasteiger partial charge on any atom is 0.329 e. The quantitative estimate of drug-likeness (QED) is 0.750. The van der Waals surface area contributed by atoms with Gasteiger partial charge in [-0.15, -0.1) is 11.3 Å². The number of thiophene rings is 1. The Bertz CT molecular complexity index is 1060. The molecule has 1 fully saturated rings. The second-order valence-electron chi connectivity index (χ2n) is 7.08. The van der Waals surface area contributed by atoms with Crippen LogP contribution in [0.4, 0.5) is 0 Å². The van der Waals surface area contributed by atoms with Crippen molar-refractivity contribution in [1.29, 1.82) is 0 Å². The fourth-order valence-electron chi connectivity index (χ4n) is 3.82. The Morgan fingerprint density at radius 3 is 2.81 bits per heavy atom. The van der Waals surface area contributed by atoms with Crippen molar-refractivity contribution in [1.82, 2.24) is 19.7 Å². The molecule has 27 heavy (non-hydrogen) atoms. The Kier molecular flexibility index (Phi) is 4.03. The van der Waals surface area contributed by atoms with Gasteiger partial charge in [-0.05, 0) is 44.2 Å². The fraction of sp³-hybridized carbons (Fsp3) is 0.368. The minimum atomic E-state index is -1.19. The van der Waals surface area contributed by atoms with E-state index in [4.69, 9.17) is 4.98 Å². The highest BCUT2D eigenvalue weighted by Gasteiger charge is 2.46. The van der Waals surface area contributed by atoms with Crippen molar-refractivity contribution in [3.05, 3.63) is 34.8 Å². The van der Waals surface area contributed by atoms with Gasteiger partial charge in [0.05, 0.1) is 27.2 Å². The highest BCUT2D eigenvalue weighted by atomic mass is 32.1. The Morgan fingerprint density at radius 2 is 2.15 bits per heavy atom. The highest BCUT2D eigenvalue weighted by molar-refractivity contribution is 7.13. The van der Waals surface area contributed by atoms with Gasteiger partial charge >= 0.3 is 5.97 Å². The van der Waals surface area contributed by atoms with E-state index in [1.165, 1.54) is 4.90 Å². The fourth-order valence-corrected chi connectivity index (χ4v) is 4.51. The Labute approximate surface area is 160 Å². The first-order valence-corrected chi connectivity index (χ1v) is 9.64. The molecule has 0 saturated carbocycles. The predicted octanol–water partition coefficient (Wildman–Crippen LogP) is 3.08. The lowest BCUT2D eigenvalue weighted by molar-refractivity contribution is -0.147. The highest BCUT2D eigenvalue weighted by Crippen LogP contribution is 2.34. The van der Waals surface area contributed by atoms with E-state index in [-0.39, 0.29) is 5.91 Å². The Morgan fingerprint density at radius 1 is 1.37 bits per heavy atom. The third-order valence-electron chi connectivity index (χ3n) is 5.32. The average molecular weight is 384 g/mol. The van der Waals surface area contributed by atoms with Gasteiger partial charge in [0.25, 0.3) is 5.91 Å². The molecule has 0 spiro atoms. The maximum atomic E-state index is 13.5. The molecule has 0 aromatic carbocycles. The van der Waals surface area contributed by atoms with Crippen LogP contribution in [0.2, 0.25) is 0 Å². The molecule has 1 aliphatic rings. The van der Waals surface area contributed by atoms with Gasteiger partial charge in [0, 0.05) is 13.6 Å². The number of carboxylic acids is 1. The number of nitrogens with zero attached hydrogens (tertiary/aromatic N) is 4. The molecule has 1 saturated heterocycles. The summed E-state index contributed by atoms with van der Waals surface area (Å²) in [5.41, 5.74) is 1.30. The lowest BCUT2D eigenvalue weighted by atomic mass is 9.98. The molecule has 3 aromatic heterocycles. The van der Waals surface area contributed by atoms with E-state index >= 15 is 0 Å². The Balaban J connectivity index is 1.92. The number of hydrogen-bond donors (Lipinski definition) is 1. The van der Waals surface area contributed by atoms with Gasteiger partial charge in [-0.2, -0.15) is 5.10 Å². The van der Waals surface area contributed by atoms with E-state index in [1.54, 1.807) is 36.1 Å². The number of likely N-dealkylation sites (tertiary alicyclic amines) is 1. The van der Waals surface area contributed by atoms with Crippen molar-refractivity contribution >= 4 is 34.2 Å². The number of amides is 1. The molecule has 3 aromatic rings. The second-order valence-corrected chi connectivity index (χ2v) is 8.03. The number of aryl methyl sites for hydroxylation is 2. The van der Waals surface area contributed by atoms with Gasteiger partial charge in [0.15, 0.2) is 5.65 Å². The van der Waals surface area contributed by atoms with Crippen LogP contribution >= 0.6 is 11.3 Å². The lowest BCUT2D eigenvalue weighted by Crippen LogP contribution is -2.50. The van der Waals surface area contributed by atoms with E-state index in [2.05, 4.69) is 5.10 Å². The first-order valence-electron chi connectivity index (χ1n) is 8.76. The number of hydrogen-bond acceptors (Lipinski definition) is 5. The molecule has 4 heterocycles. The van der Waals surface area contributed by atoms with Crippen molar-refractivity contribution in [3.63, 3.8) is 0 Å². The van der Waals surface area contributed by atoms with Crippen LogP contribution in [-0.4, -0.2) is 48.7 Å². The van der Waals surface area contributed by atoms with E-state index in [1.807, 2.05) is 24.4 Å². The number of rotatable bonds is 3. The van der Waals surface area contributed by atoms with E-state index in [0.717, 1.165) is 4.88 Å². The summed E-state index contributed by atoms with van der Waals surface area (Å²) in [4.78, 5) is 32.4. The number of carbonyl (C=O) groups excluding carboxylic acids is 1. The molecular weight excluding hydrogens is 364 g/mol. The van der Waals surface area contributed by atoms with Crippen molar-refractivity contribution in [2.75, 3.05) is 6.54 Å². The zero-order valence-corrected chi connectivity index (χ0v) is 16.2. The van der Waals surface area contributed by atoms with Crippen molar-refractivity contribution in [2.45, 2.75) is 32.2 Å². The van der Waals surface area contributed by atoms with Crippen molar-refractivity contribution in [2.24, 2.45) is 7.05 Å². The van der Waals surface area contributed by atoms with Crippen LogP contribution in [0.25, 0.3) is 21.6 Å².